The lowest BCUT2D eigenvalue weighted by Gasteiger charge is -2.13. The van der Waals surface area contributed by atoms with Crippen LogP contribution in [0.15, 0.2) is 58.4 Å². The maximum Gasteiger partial charge on any atom is 0.240 e. The summed E-state index contributed by atoms with van der Waals surface area (Å²) in [5.74, 6) is 0.709. The van der Waals surface area contributed by atoms with Crippen LogP contribution in [0.1, 0.15) is 36.5 Å². The van der Waals surface area contributed by atoms with E-state index in [2.05, 4.69) is 58.5 Å². The Morgan fingerprint density at radius 3 is 2.52 bits per heavy atom. The normalized spacial score (nSPS) is 12.0. The molecule has 0 atom stereocenters. The monoisotopic (exact) mass is 446 g/mol. The van der Waals surface area contributed by atoms with Crippen molar-refractivity contribution in [2.75, 3.05) is 26.8 Å². The lowest BCUT2D eigenvalue weighted by molar-refractivity contribution is 0.204. The third-order valence-corrected chi connectivity index (χ3v) is 6.09. The van der Waals surface area contributed by atoms with Crippen molar-refractivity contribution < 1.29 is 13.2 Å². The summed E-state index contributed by atoms with van der Waals surface area (Å²) in [6.45, 7) is 6.63. The molecule has 2 aromatic carbocycles. The molecule has 0 saturated heterocycles. The second-order valence-corrected chi connectivity index (χ2v) is 9.09. The van der Waals surface area contributed by atoms with Gasteiger partial charge in [0.25, 0.3) is 0 Å². The molecule has 0 aliphatic rings. The highest BCUT2D eigenvalue weighted by Gasteiger charge is 2.13. The molecule has 0 saturated carbocycles. The van der Waals surface area contributed by atoms with Crippen LogP contribution < -0.4 is 15.4 Å². The van der Waals surface area contributed by atoms with E-state index in [4.69, 9.17) is 4.74 Å². The van der Waals surface area contributed by atoms with Gasteiger partial charge in [0.05, 0.1) is 18.0 Å². The van der Waals surface area contributed by atoms with Gasteiger partial charge in [0.1, 0.15) is 0 Å². The Kier molecular flexibility index (Phi) is 10.5. The van der Waals surface area contributed by atoms with E-state index in [0.717, 1.165) is 24.9 Å². The Hall–Kier alpha value is -2.42. The Morgan fingerprint density at radius 1 is 1.03 bits per heavy atom. The molecule has 2 aromatic rings. The smallest absolute Gasteiger partial charge is 0.240 e. The van der Waals surface area contributed by atoms with Crippen molar-refractivity contribution in [2.24, 2.45) is 4.99 Å². The Bertz CT molecular complexity index is 928. The second-order valence-electron chi connectivity index (χ2n) is 7.32. The predicted octanol–water partition coefficient (Wildman–Crippen LogP) is 2.96. The fourth-order valence-electron chi connectivity index (χ4n) is 2.79. The van der Waals surface area contributed by atoms with Crippen LogP contribution in [-0.4, -0.2) is 41.2 Å². The fourth-order valence-corrected chi connectivity index (χ4v) is 3.88. The van der Waals surface area contributed by atoms with E-state index in [1.54, 1.807) is 18.2 Å². The van der Waals surface area contributed by atoms with Gasteiger partial charge in [-0.2, -0.15) is 0 Å². The van der Waals surface area contributed by atoms with Crippen LogP contribution in [0.3, 0.4) is 0 Å². The van der Waals surface area contributed by atoms with Gasteiger partial charge in [-0.3, -0.25) is 0 Å². The first-order valence-electron chi connectivity index (χ1n) is 10.6. The van der Waals surface area contributed by atoms with Gasteiger partial charge in [-0.05, 0) is 36.6 Å². The first-order chi connectivity index (χ1) is 14.9. The zero-order chi connectivity index (χ0) is 22.5. The molecule has 0 heterocycles. The lowest BCUT2D eigenvalue weighted by atomic mass is 10.1. The van der Waals surface area contributed by atoms with Gasteiger partial charge in [-0.15, -0.1) is 0 Å². The summed E-state index contributed by atoms with van der Waals surface area (Å²) in [6, 6.07) is 15.2. The molecule has 0 aromatic heterocycles. The molecule has 170 valence electrons. The minimum Gasteiger partial charge on any atom is -0.383 e. The molecule has 0 fully saturated rings. The van der Waals surface area contributed by atoms with E-state index in [0.29, 0.717) is 25.7 Å². The molecule has 3 N–H and O–H groups in total. The predicted molar refractivity (Wildman–Crippen MR) is 126 cm³/mol. The SMILES string of the molecule is CCCCNC(=NCc1cccc(S(=O)(=O)NCCOC)c1)NCc1ccc(C)cc1. The molecule has 8 heteroatoms. The standard InChI is InChI=1S/C23H34N4O3S/c1-4-5-13-24-23(25-17-20-11-9-19(2)10-12-20)26-18-21-7-6-8-22(16-21)31(28,29)27-14-15-30-3/h6-12,16,27H,4-5,13-15,17-18H2,1-3H3,(H2,24,25,26). The Balaban J connectivity index is 2.06. The number of guanidine groups is 1. The molecule has 7 nitrogen and oxygen atoms in total. The van der Waals surface area contributed by atoms with Gasteiger partial charge in [-0.1, -0.05) is 55.3 Å². The summed E-state index contributed by atoms with van der Waals surface area (Å²) in [4.78, 5) is 4.88. The second kappa shape index (κ2) is 13.1. The van der Waals surface area contributed by atoms with Crippen LogP contribution in [0, 0.1) is 6.92 Å². The number of nitrogens with zero attached hydrogens (tertiary/aromatic N) is 1. The Morgan fingerprint density at radius 2 is 1.81 bits per heavy atom. The zero-order valence-electron chi connectivity index (χ0n) is 18.6. The lowest BCUT2D eigenvalue weighted by Crippen LogP contribution is -2.37. The van der Waals surface area contributed by atoms with Crippen molar-refractivity contribution in [2.45, 2.75) is 44.7 Å². The van der Waals surface area contributed by atoms with E-state index < -0.39 is 10.0 Å². The van der Waals surface area contributed by atoms with E-state index in [1.165, 1.54) is 18.2 Å². The van der Waals surface area contributed by atoms with Gasteiger partial charge in [-0.25, -0.2) is 18.1 Å². The first-order valence-corrected chi connectivity index (χ1v) is 12.1. The molecule has 0 aliphatic carbocycles. The number of hydrogen-bond donors (Lipinski definition) is 3. The molecule has 0 bridgehead atoms. The van der Waals surface area contributed by atoms with Gasteiger partial charge >= 0.3 is 0 Å². The van der Waals surface area contributed by atoms with Gasteiger partial charge in [0, 0.05) is 26.7 Å². The van der Waals surface area contributed by atoms with Gasteiger partial charge in [0.15, 0.2) is 5.96 Å². The molecule has 0 unspecified atom stereocenters. The highest BCUT2D eigenvalue weighted by atomic mass is 32.2. The first kappa shape index (κ1) is 24.8. The van der Waals surface area contributed by atoms with E-state index in [-0.39, 0.29) is 11.4 Å². The fraction of sp³-hybridized carbons (Fsp3) is 0.435. The molecule has 2 rings (SSSR count). The van der Waals surface area contributed by atoms with Gasteiger partial charge in [0.2, 0.25) is 10.0 Å². The van der Waals surface area contributed by atoms with Crippen molar-refractivity contribution >= 4 is 16.0 Å². The number of methoxy groups -OCH3 is 1. The van der Waals surface area contributed by atoms with Crippen LogP contribution in [-0.2, 0) is 27.8 Å². The number of hydrogen-bond acceptors (Lipinski definition) is 4. The number of aliphatic imine (C=N–C) groups is 1. The summed E-state index contributed by atoms with van der Waals surface area (Å²) in [7, 11) is -2.04. The molecule has 0 aliphatic heterocycles. The van der Waals surface area contributed by atoms with Crippen LogP contribution in [0.4, 0.5) is 0 Å². The average Bonchev–Trinajstić information content (AvgIpc) is 2.77. The van der Waals surface area contributed by atoms with Crippen molar-refractivity contribution in [3.63, 3.8) is 0 Å². The van der Waals surface area contributed by atoms with Crippen molar-refractivity contribution in [1.29, 1.82) is 0 Å². The topological polar surface area (TPSA) is 91.8 Å². The maximum absolute atomic E-state index is 12.4. The van der Waals surface area contributed by atoms with Crippen LogP contribution in [0.5, 0.6) is 0 Å². The molecule has 0 amide bonds. The van der Waals surface area contributed by atoms with E-state index in [1.807, 2.05) is 6.07 Å². The highest BCUT2D eigenvalue weighted by molar-refractivity contribution is 7.89. The van der Waals surface area contributed by atoms with Crippen LogP contribution in [0.25, 0.3) is 0 Å². The molecular formula is C23H34N4O3S. The summed E-state index contributed by atoms with van der Waals surface area (Å²) < 4.78 is 32.3. The molecule has 0 spiro atoms. The quantitative estimate of drug-likeness (QED) is 0.265. The number of aryl methyl sites for hydroxylation is 1. The number of benzene rings is 2. The summed E-state index contributed by atoms with van der Waals surface area (Å²) in [5, 5.41) is 6.70. The van der Waals surface area contributed by atoms with Crippen LogP contribution in [0.2, 0.25) is 0 Å². The number of unbranched alkanes of at least 4 members (excludes halogenated alkanes) is 1. The molecular weight excluding hydrogens is 412 g/mol. The summed E-state index contributed by atoms with van der Waals surface area (Å²) in [5.41, 5.74) is 3.22. The molecule has 31 heavy (non-hydrogen) atoms. The minimum atomic E-state index is -3.57. The van der Waals surface area contributed by atoms with Crippen molar-refractivity contribution in [3.05, 3.63) is 65.2 Å². The number of ether oxygens (including phenoxy) is 1. The summed E-state index contributed by atoms with van der Waals surface area (Å²) >= 11 is 0. The van der Waals surface area contributed by atoms with Crippen molar-refractivity contribution in [3.8, 4) is 0 Å². The largest absolute Gasteiger partial charge is 0.383 e. The third kappa shape index (κ3) is 9.08. The maximum atomic E-state index is 12.4. The third-order valence-electron chi connectivity index (χ3n) is 4.63. The van der Waals surface area contributed by atoms with Gasteiger partial charge < -0.3 is 15.4 Å². The van der Waals surface area contributed by atoms with E-state index in [9.17, 15) is 8.42 Å². The highest BCUT2D eigenvalue weighted by Crippen LogP contribution is 2.12. The minimum absolute atomic E-state index is 0.226. The number of nitrogens with one attached hydrogen (secondary N) is 3. The van der Waals surface area contributed by atoms with Crippen LogP contribution >= 0.6 is 0 Å². The Labute approximate surface area is 186 Å². The zero-order valence-corrected chi connectivity index (χ0v) is 19.5. The number of rotatable bonds is 12. The summed E-state index contributed by atoms with van der Waals surface area (Å²) in [6.07, 6.45) is 2.14. The molecule has 0 radical (unpaired) electrons. The van der Waals surface area contributed by atoms with Crippen molar-refractivity contribution in [1.82, 2.24) is 15.4 Å². The van der Waals surface area contributed by atoms with E-state index >= 15 is 0 Å². The number of sulfonamides is 1. The average molecular weight is 447 g/mol.